The van der Waals surface area contributed by atoms with Crippen LogP contribution in [0, 0.1) is 0 Å². The van der Waals surface area contributed by atoms with Gasteiger partial charge >= 0.3 is 0 Å². The van der Waals surface area contributed by atoms with E-state index in [-0.39, 0.29) is 11.9 Å². The van der Waals surface area contributed by atoms with Crippen molar-refractivity contribution in [1.82, 2.24) is 5.32 Å². The van der Waals surface area contributed by atoms with Crippen LogP contribution in [0.5, 0.6) is 0 Å². The van der Waals surface area contributed by atoms with Gasteiger partial charge in [0, 0.05) is 6.42 Å². The molecule has 4 N–H and O–H groups in total. The highest BCUT2D eigenvalue weighted by molar-refractivity contribution is 5.81. The summed E-state index contributed by atoms with van der Waals surface area (Å²) in [7, 11) is 0. The van der Waals surface area contributed by atoms with Gasteiger partial charge in [-0.15, -0.1) is 0 Å². The van der Waals surface area contributed by atoms with Crippen molar-refractivity contribution in [2.75, 3.05) is 0 Å². The molecular formula is C15H24N2O2. The van der Waals surface area contributed by atoms with Gasteiger partial charge in [0.05, 0.1) is 18.2 Å². The van der Waals surface area contributed by atoms with E-state index in [0.29, 0.717) is 12.8 Å². The van der Waals surface area contributed by atoms with Crippen LogP contribution in [0.3, 0.4) is 0 Å². The zero-order valence-electron chi connectivity index (χ0n) is 11.7. The lowest BCUT2D eigenvalue weighted by Gasteiger charge is -2.22. The number of rotatable bonds is 7. The Balaban J connectivity index is 2.44. The number of aliphatic hydroxyl groups is 1. The molecule has 106 valence electrons. The molecule has 0 spiro atoms. The maximum absolute atomic E-state index is 11.8. The van der Waals surface area contributed by atoms with E-state index >= 15 is 0 Å². The minimum atomic E-state index is -0.611. The van der Waals surface area contributed by atoms with Crippen LogP contribution in [-0.4, -0.2) is 29.2 Å². The van der Waals surface area contributed by atoms with Crippen LogP contribution in [0.4, 0.5) is 0 Å². The fraction of sp³-hybridized carbons (Fsp3) is 0.533. The topological polar surface area (TPSA) is 75.4 Å². The second kappa shape index (κ2) is 7.92. The zero-order chi connectivity index (χ0) is 14.3. The molecule has 0 bridgehead atoms. The zero-order valence-corrected chi connectivity index (χ0v) is 11.7. The van der Waals surface area contributed by atoms with Gasteiger partial charge < -0.3 is 16.2 Å². The number of hydrogen-bond donors (Lipinski definition) is 3. The van der Waals surface area contributed by atoms with Crippen molar-refractivity contribution in [3.63, 3.8) is 0 Å². The summed E-state index contributed by atoms with van der Waals surface area (Å²) in [4.78, 5) is 11.8. The first-order valence-corrected chi connectivity index (χ1v) is 6.82. The third-order valence-corrected chi connectivity index (χ3v) is 3.17. The Morgan fingerprint density at radius 2 is 2.00 bits per heavy atom. The van der Waals surface area contributed by atoms with Crippen LogP contribution in [0.15, 0.2) is 30.3 Å². The first-order valence-electron chi connectivity index (χ1n) is 6.82. The lowest BCUT2D eigenvalue weighted by molar-refractivity contribution is -0.123. The van der Waals surface area contributed by atoms with Crippen LogP contribution < -0.4 is 11.1 Å². The van der Waals surface area contributed by atoms with Crippen molar-refractivity contribution in [3.05, 3.63) is 35.9 Å². The standard InChI is InChI=1S/C15H24N2O2/c1-3-7-13(16)15(19)17-11(2)14(18)10-12-8-5-4-6-9-12/h4-6,8-9,11,13-14,18H,3,7,10,16H2,1-2H3,(H,17,19). The summed E-state index contributed by atoms with van der Waals surface area (Å²) >= 11 is 0. The van der Waals surface area contributed by atoms with Crippen LogP contribution in [0.2, 0.25) is 0 Å². The van der Waals surface area contributed by atoms with E-state index in [1.807, 2.05) is 37.3 Å². The highest BCUT2D eigenvalue weighted by Crippen LogP contribution is 2.06. The second-order valence-electron chi connectivity index (χ2n) is 4.95. The summed E-state index contributed by atoms with van der Waals surface area (Å²) < 4.78 is 0. The van der Waals surface area contributed by atoms with Gasteiger partial charge in [-0.05, 0) is 18.9 Å². The largest absolute Gasteiger partial charge is 0.391 e. The molecule has 1 aromatic rings. The Hall–Kier alpha value is -1.39. The number of amides is 1. The molecule has 0 heterocycles. The van der Waals surface area contributed by atoms with E-state index in [0.717, 1.165) is 12.0 Å². The molecule has 0 aliphatic rings. The first-order chi connectivity index (χ1) is 9.04. The first kappa shape index (κ1) is 15.7. The molecule has 0 aliphatic carbocycles. The molecule has 0 saturated heterocycles. The molecule has 4 heteroatoms. The smallest absolute Gasteiger partial charge is 0.237 e. The van der Waals surface area contributed by atoms with E-state index < -0.39 is 12.1 Å². The Labute approximate surface area is 115 Å². The van der Waals surface area contributed by atoms with Gasteiger partial charge in [-0.25, -0.2) is 0 Å². The van der Waals surface area contributed by atoms with Crippen LogP contribution >= 0.6 is 0 Å². The summed E-state index contributed by atoms with van der Waals surface area (Å²) in [6.45, 7) is 3.78. The summed E-state index contributed by atoms with van der Waals surface area (Å²) in [6.07, 6.45) is 1.44. The van der Waals surface area contributed by atoms with Gasteiger partial charge in [-0.2, -0.15) is 0 Å². The van der Waals surface area contributed by atoms with Gasteiger partial charge in [0.25, 0.3) is 0 Å². The van der Waals surface area contributed by atoms with E-state index in [1.165, 1.54) is 0 Å². The van der Waals surface area contributed by atoms with Crippen molar-refractivity contribution in [3.8, 4) is 0 Å². The number of hydrogen-bond acceptors (Lipinski definition) is 3. The minimum absolute atomic E-state index is 0.193. The number of nitrogens with one attached hydrogen (secondary N) is 1. The number of benzene rings is 1. The third-order valence-electron chi connectivity index (χ3n) is 3.17. The number of nitrogens with two attached hydrogens (primary N) is 1. The van der Waals surface area contributed by atoms with Crippen LogP contribution in [-0.2, 0) is 11.2 Å². The molecule has 3 atom stereocenters. The Morgan fingerprint density at radius 3 is 2.58 bits per heavy atom. The van der Waals surface area contributed by atoms with E-state index in [9.17, 15) is 9.90 Å². The summed E-state index contributed by atoms with van der Waals surface area (Å²) in [5.41, 5.74) is 6.79. The molecule has 0 aliphatic heterocycles. The van der Waals surface area contributed by atoms with E-state index in [1.54, 1.807) is 6.92 Å². The van der Waals surface area contributed by atoms with Gasteiger partial charge in [-0.3, -0.25) is 4.79 Å². The fourth-order valence-corrected chi connectivity index (χ4v) is 1.90. The quantitative estimate of drug-likeness (QED) is 0.693. The molecule has 1 aromatic carbocycles. The molecule has 0 fully saturated rings. The molecule has 4 nitrogen and oxygen atoms in total. The molecule has 3 unspecified atom stereocenters. The lowest BCUT2D eigenvalue weighted by Crippen LogP contribution is -2.48. The molecule has 1 rings (SSSR count). The van der Waals surface area contributed by atoms with Crippen molar-refractivity contribution in [2.24, 2.45) is 5.73 Å². The van der Waals surface area contributed by atoms with Gasteiger partial charge in [-0.1, -0.05) is 43.7 Å². The van der Waals surface area contributed by atoms with Crippen LogP contribution in [0.1, 0.15) is 32.3 Å². The Bertz CT molecular complexity index is 381. The highest BCUT2D eigenvalue weighted by Gasteiger charge is 2.20. The predicted molar refractivity (Wildman–Crippen MR) is 76.6 cm³/mol. The molecule has 1 amide bonds. The van der Waals surface area contributed by atoms with Crippen molar-refractivity contribution >= 4 is 5.91 Å². The molecule has 19 heavy (non-hydrogen) atoms. The maximum Gasteiger partial charge on any atom is 0.237 e. The normalized spacial score (nSPS) is 15.6. The Kier molecular flexibility index (Phi) is 6.53. The van der Waals surface area contributed by atoms with Gasteiger partial charge in [0.15, 0.2) is 0 Å². The van der Waals surface area contributed by atoms with Gasteiger partial charge in [0.2, 0.25) is 5.91 Å². The SMILES string of the molecule is CCCC(N)C(=O)NC(C)C(O)Cc1ccccc1. The number of aliphatic hydroxyl groups excluding tert-OH is 1. The monoisotopic (exact) mass is 264 g/mol. The average Bonchev–Trinajstić information content (AvgIpc) is 2.40. The van der Waals surface area contributed by atoms with Crippen molar-refractivity contribution in [1.29, 1.82) is 0 Å². The minimum Gasteiger partial charge on any atom is -0.391 e. The number of carbonyl (C=O) groups excluding carboxylic acids is 1. The van der Waals surface area contributed by atoms with E-state index in [4.69, 9.17) is 5.73 Å². The second-order valence-corrected chi connectivity index (χ2v) is 4.95. The highest BCUT2D eigenvalue weighted by atomic mass is 16.3. The number of carbonyl (C=O) groups is 1. The van der Waals surface area contributed by atoms with Crippen molar-refractivity contribution in [2.45, 2.75) is 51.3 Å². The van der Waals surface area contributed by atoms with Crippen molar-refractivity contribution < 1.29 is 9.90 Å². The van der Waals surface area contributed by atoms with Crippen LogP contribution in [0.25, 0.3) is 0 Å². The fourth-order valence-electron chi connectivity index (χ4n) is 1.90. The molecule has 0 aromatic heterocycles. The summed E-state index contributed by atoms with van der Waals surface area (Å²) in [5.74, 6) is -0.193. The lowest BCUT2D eigenvalue weighted by atomic mass is 10.0. The van der Waals surface area contributed by atoms with Gasteiger partial charge in [0.1, 0.15) is 0 Å². The average molecular weight is 264 g/mol. The maximum atomic E-state index is 11.8. The molecule has 0 radical (unpaired) electrons. The molecular weight excluding hydrogens is 240 g/mol. The summed E-state index contributed by atoms with van der Waals surface area (Å²) in [6, 6.07) is 8.92. The summed E-state index contributed by atoms with van der Waals surface area (Å²) in [5, 5.41) is 12.8. The molecule has 0 saturated carbocycles. The third kappa shape index (κ3) is 5.41. The Morgan fingerprint density at radius 1 is 1.37 bits per heavy atom. The van der Waals surface area contributed by atoms with E-state index in [2.05, 4.69) is 5.32 Å². The predicted octanol–water partition coefficient (Wildman–Crippen LogP) is 1.22.